The summed E-state index contributed by atoms with van der Waals surface area (Å²) < 4.78 is 11.2. The molecule has 3 aromatic carbocycles. The van der Waals surface area contributed by atoms with Gasteiger partial charge in [0.15, 0.2) is 11.5 Å². The van der Waals surface area contributed by atoms with Crippen LogP contribution in [0.4, 0.5) is 0 Å². The lowest BCUT2D eigenvalue weighted by atomic mass is 10.1. The second-order valence-corrected chi connectivity index (χ2v) is 6.53. The van der Waals surface area contributed by atoms with Gasteiger partial charge in [0.25, 0.3) is 5.91 Å². The van der Waals surface area contributed by atoms with E-state index in [-0.39, 0.29) is 5.91 Å². The highest BCUT2D eigenvalue weighted by molar-refractivity contribution is 5.96. The van der Waals surface area contributed by atoms with E-state index in [0.717, 1.165) is 16.7 Å². The Balaban J connectivity index is 1.65. The van der Waals surface area contributed by atoms with E-state index in [1.54, 1.807) is 43.7 Å². The van der Waals surface area contributed by atoms with Gasteiger partial charge in [0, 0.05) is 5.56 Å². The Kier molecular flexibility index (Phi) is 6.80. The fourth-order valence-corrected chi connectivity index (χ4v) is 2.83. The Morgan fingerprint density at radius 1 is 1.10 bits per heavy atom. The third-order valence-corrected chi connectivity index (χ3v) is 4.41. The maximum atomic E-state index is 12.2. The number of methoxy groups -OCH3 is 1. The summed E-state index contributed by atoms with van der Waals surface area (Å²) in [6.07, 6.45) is 1.54. The number of benzene rings is 3. The van der Waals surface area contributed by atoms with Gasteiger partial charge in [-0.05, 0) is 60.0 Å². The summed E-state index contributed by atoms with van der Waals surface area (Å²) in [7, 11) is 1.55. The number of rotatable bonds is 7. The average molecular weight is 399 g/mol. The van der Waals surface area contributed by atoms with Crippen LogP contribution in [0.15, 0.2) is 71.8 Å². The zero-order valence-electron chi connectivity index (χ0n) is 16.8. The highest BCUT2D eigenvalue weighted by Gasteiger charge is 2.08. The van der Waals surface area contributed by atoms with Crippen molar-refractivity contribution in [2.45, 2.75) is 13.5 Å². The molecule has 6 heteroatoms. The van der Waals surface area contributed by atoms with Gasteiger partial charge >= 0.3 is 0 Å². The van der Waals surface area contributed by atoms with Crippen molar-refractivity contribution in [1.29, 1.82) is 5.26 Å². The Bertz CT molecular complexity index is 1120. The van der Waals surface area contributed by atoms with Crippen LogP contribution in [0.3, 0.4) is 0 Å². The minimum absolute atomic E-state index is 0.268. The second kappa shape index (κ2) is 9.89. The molecule has 0 radical (unpaired) electrons. The van der Waals surface area contributed by atoms with Crippen LogP contribution >= 0.6 is 0 Å². The third-order valence-electron chi connectivity index (χ3n) is 4.41. The number of nitriles is 1. The first-order valence-electron chi connectivity index (χ1n) is 9.29. The molecule has 6 nitrogen and oxygen atoms in total. The first-order chi connectivity index (χ1) is 14.6. The maximum Gasteiger partial charge on any atom is 0.271 e. The summed E-state index contributed by atoms with van der Waals surface area (Å²) in [5.74, 6) is 0.845. The summed E-state index contributed by atoms with van der Waals surface area (Å²) in [5, 5.41) is 13.0. The number of carbonyl (C=O) groups excluding carboxylic acids is 1. The van der Waals surface area contributed by atoms with Crippen molar-refractivity contribution in [3.8, 4) is 17.6 Å². The quantitative estimate of drug-likeness (QED) is 0.476. The van der Waals surface area contributed by atoms with E-state index in [1.165, 1.54) is 0 Å². The smallest absolute Gasteiger partial charge is 0.271 e. The molecule has 3 rings (SSSR count). The minimum Gasteiger partial charge on any atom is -0.493 e. The molecule has 0 heterocycles. The molecule has 0 saturated carbocycles. The molecule has 0 aliphatic heterocycles. The van der Waals surface area contributed by atoms with Gasteiger partial charge in [0.1, 0.15) is 6.61 Å². The van der Waals surface area contributed by atoms with E-state index >= 15 is 0 Å². The Labute approximate surface area is 175 Å². The predicted octanol–water partition coefficient (Wildman–Crippen LogP) is 4.22. The average Bonchev–Trinajstić information content (AvgIpc) is 2.78. The highest BCUT2D eigenvalue weighted by atomic mass is 16.5. The van der Waals surface area contributed by atoms with Crippen molar-refractivity contribution in [2.24, 2.45) is 5.10 Å². The molecule has 0 fully saturated rings. The summed E-state index contributed by atoms with van der Waals surface area (Å²) in [6.45, 7) is 2.19. The lowest BCUT2D eigenvalue weighted by Crippen LogP contribution is -2.18. The molecule has 0 aromatic heterocycles. The van der Waals surface area contributed by atoms with Crippen LogP contribution in [-0.2, 0) is 6.61 Å². The van der Waals surface area contributed by atoms with Gasteiger partial charge < -0.3 is 9.47 Å². The Morgan fingerprint density at radius 2 is 1.93 bits per heavy atom. The summed E-state index contributed by atoms with van der Waals surface area (Å²) in [5.41, 5.74) is 6.21. The standard InChI is InChI=1S/C24H21N3O3/c1-17-6-3-4-9-21(17)24(28)27-26-15-19-10-11-22(23(13-19)29-2)30-16-20-8-5-7-18(12-20)14-25/h3-13,15H,16H2,1-2H3,(H,27,28)/b26-15+. The number of nitrogens with zero attached hydrogens (tertiary/aromatic N) is 2. The molecule has 0 spiro atoms. The molecule has 0 atom stereocenters. The fraction of sp³-hybridized carbons (Fsp3) is 0.125. The van der Waals surface area contributed by atoms with Crippen LogP contribution in [0, 0.1) is 18.3 Å². The van der Waals surface area contributed by atoms with Crippen LogP contribution in [0.1, 0.15) is 32.6 Å². The monoisotopic (exact) mass is 399 g/mol. The van der Waals surface area contributed by atoms with Crippen molar-refractivity contribution < 1.29 is 14.3 Å². The zero-order chi connectivity index (χ0) is 21.3. The number of amides is 1. The summed E-state index contributed by atoms with van der Waals surface area (Å²) in [4.78, 5) is 12.2. The zero-order valence-corrected chi connectivity index (χ0v) is 16.8. The lowest BCUT2D eigenvalue weighted by Gasteiger charge is -2.11. The van der Waals surface area contributed by atoms with Gasteiger partial charge in [-0.3, -0.25) is 4.79 Å². The first kappa shape index (κ1) is 20.6. The molecule has 0 bridgehead atoms. The van der Waals surface area contributed by atoms with Crippen molar-refractivity contribution in [3.63, 3.8) is 0 Å². The molecule has 0 aliphatic carbocycles. The number of carbonyl (C=O) groups is 1. The van der Waals surface area contributed by atoms with E-state index < -0.39 is 0 Å². The van der Waals surface area contributed by atoms with Gasteiger partial charge in [0.05, 0.1) is 25.0 Å². The number of ether oxygens (including phenoxy) is 2. The molecular weight excluding hydrogens is 378 g/mol. The van der Waals surface area contributed by atoms with Gasteiger partial charge in [-0.1, -0.05) is 30.3 Å². The van der Waals surface area contributed by atoms with E-state index in [0.29, 0.717) is 29.2 Å². The summed E-state index contributed by atoms with van der Waals surface area (Å²) >= 11 is 0. The third kappa shape index (κ3) is 5.24. The maximum absolute atomic E-state index is 12.2. The lowest BCUT2D eigenvalue weighted by molar-refractivity contribution is 0.0954. The highest BCUT2D eigenvalue weighted by Crippen LogP contribution is 2.28. The number of hydrazone groups is 1. The van der Waals surface area contributed by atoms with E-state index in [1.807, 2.05) is 43.3 Å². The van der Waals surface area contributed by atoms with E-state index in [4.69, 9.17) is 14.7 Å². The van der Waals surface area contributed by atoms with Crippen LogP contribution in [-0.4, -0.2) is 19.2 Å². The van der Waals surface area contributed by atoms with Crippen molar-refractivity contribution in [2.75, 3.05) is 7.11 Å². The SMILES string of the molecule is COc1cc(/C=N/NC(=O)c2ccccc2C)ccc1OCc1cccc(C#N)c1. The van der Waals surface area contributed by atoms with E-state index in [2.05, 4.69) is 16.6 Å². The normalized spacial score (nSPS) is 10.4. The molecule has 0 unspecified atom stereocenters. The topological polar surface area (TPSA) is 83.7 Å². The van der Waals surface area contributed by atoms with Gasteiger partial charge in [-0.25, -0.2) is 5.43 Å². The predicted molar refractivity (Wildman–Crippen MR) is 115 cm³/mol. The number of nitrogens with one attached hydrogen (secondary N) is 1. The molecule has 0 saturated heterocycles. The molecule has 3 aromatic rings. The van der Waals surface area contributed by atoms with Crippen molar-refractivity contribution in [1.82, 2.24) is 5.43 Å². The first-order valence-corrected chi connectivity index (χ1v) is 9.29. The minimum atomic E-state index is -0.268. The van der Waals surface area contributed by atoms with Gasteiger partial charge in [-0.15, -0.1) is 0 Å². The van der Waals surface area contributed by atoms with Crippen LogP contribution in [0.2, 0.25) is 0 Å². The van der Waals surface area contributed by atoms with Crippen LogP contribution < -0.4 is 14.9 Å². The molecule has 0 aliphatic rings. The largest absolute Gasteiger partial charge is 0.493 e. The number of aryl methyl sites for hydroxylation is 1. The number of hydrogen-bond acceptors (Lipinski definition) is 5. The molecular formula is C24H21N3O3. The van der Waals surface area contributed by atoms with Crippen molar-refractivity contribution >= 4 is 12.1 Å². The second-order valence-electron chi connectivity index (χ2n) is 6.53. The van der Waals surface area contributed by atoms with Crippen molar-refractivity contribution in [3.05, 3.63) is 94.5 Å². The fourth-order valence-electron chi connectivity index (χ4n) is 2.83. The summed E-state index contributed by atoms with van der Waals surface area (Å²) in [6, 6.07) is 22.0. The molecule has 1 amide bonds. The Morgan fingerprint density at radius 3 is 2.70 bits per heavy atom. The van der Waals surface area contributed by atoms with Crippen LogP contribution in [0.25, 0.3) is 0 Å². The van der Waals surface area contributed by atoms with E-state index in [9.17, 15) is 4.79 Å². The van der Waals surface area contributed by atoms with Gasteiger partial charge in [-0.2, -0.15) is 10.4 Å². The number of hydrogen-bond donors (Lipinski definition) is 1. The molecule has 1 N–H and O–H groups in total. The molecule has 150 valence electrons. The molecule has 30 heavy (non-hydrogen) atoms. The van der Waals surface area contributed by atoms with Gasteiger partial charge in [0.2, 0.25) is 0 Å². The van der Waals surface area contributed by atoms with Crippen LogP contribution in [0.5, 0.6) is 11.5 Å². The Hall–Kier alpha value is -4.11.